The molecule has 6 heterocycles. The van der Waals surface area contributed by atoms with Crippen LogP contribution in [0.1, 0.15) is 48.2 Å². The molecular weight excluding hydrogens is 613 g/mol. The first-order valence-electron chi connectivity index (χ1n) is 14.8. The molecule has 10 nitrogen and oxygen atoms in total. The molecule has 0 bridgehead atoms. The molecule has 46 heavy (non-hydrogen) atoms. The molecule has 0 saturated carbocycles. The molecular formula is C31H28F5N7O3. The zero-order chi connectivity index (χ0) is 31.8. The number of piperidine rings is 1. The summed E-state index contributed by atoms with van der Waals surface area (Å²) in [5.41, 5.74) is 2.57. The Labute approximate surface area is 259 Å². The second-order valence-corrected chi connectivity index (χ2v) is 11.4. The molecule has 2 aliphatic rings. The van der Waals surface area contributed by atoms with Gasteiger partial charge in [0.05, 0.1) is 36.4 Å². The fourth-order valence-corrected chi connectivity index (χ4v) is 5.71. The molecule has 0 unspecified atom stereocenters. The van der Waals surface area contributed by atoms with Crippen molar-refractivity contribution in [1.82, 2.24) is 34.6 Å². The highest BCUT2D eigenvalue weighted by Gasteiger charge is 2.38. The van der Waals surface area contributed by atoms with Gasteiger partial charge in [-0.25, -0.2) is 18.7 Å². The minimum Gasteiger partial charge on any atom is -0.473 e. The molecule has 0 aliphatic carbocycles. The highest BCUT2D eigenvalue weighted by atomic mass is 19.4. The Morgan fingerprint density at radius 1 is 0.978 bits per heavy atom. The zero-order valence-electron chi connectivity index (χ0n) is 24.4. The molecule has 15 heteroatoms. The number of ether oxygens (including phenoxy) is 2. The van der Waals surface area contributed by atoms with Gasteiger partial charge in [0, 0.05) is 35.9 Å². The monoisotopic (exact) mass is 641 g/mol. The summed E-state index contributed by atoms with van der Waals surface area (Å²) in [4.78, 5) is 19.6. The number of rotatable bonds is 9. The number of hydrogen-bond acceptors (Lipinski definition) is 9. The van der Waals surface area contributed by atoms with Gasteiger partial charge in [-0.1, -0.05) is 11.2 Å². The average molecular weight is 642 g/mol. The number of nitrogens with zero attached hydrogens (tertiary/aromatic N) is 7. The number of likely N-dealkylation sites (tertiary alicyclic amines) is 1. The minimum absolute atomic E-state index is 0.0493. The fourth-order valence-electron chi connectivity index (χ4n) is 5.71. The van der Waals surface area contributed by atoms with Gasteiger partial charge < -0.3 is 18.6 Å². The summed E-state index contributed by atoms with van der Waals surface area (Å²) in [5.74, 6) is -1.63. The zero-order valence-corrected chi connectivity index (χ0v) is 24.4. The van der Waals surface area contributed by atoms with Gasteiger partial charge in [0.25, 0.3) is 0 Å². The van der Waals surface area contributed by atoms with E-state index in [0.29, 0.717) is 31.1 Å². The normalized spacial score (nSPS) is 17.8. The van der Waals surface area contributed by atoms with Gasteiger partial charge in [0.2, 0.25) is 11.7 Å². The van der Waals surface area contributed by atoms with Crippen LogP contribution in [0.5, 0.6) is 5.88 Å². The predicted octanol–water partition coefficient (Wildman–Crippen LogP) is 5.92. The standard InChI is InChI=1S/C31H28F5N7O3/c32-20-5-4-19(22(33)12-20)17-45-28-3-1-2-23(39-28)18-6-9-42(10-7-18)16-27-38-24-13-25(29-40-30(46-41-29)31(34,35)36)37-14-26(24)43(27)15-21-8-11-44-21/h1-5,12-14,18,21H,6-11,15-17H2/t21-/m0/s1. The molecule has 1 aromatic carbocycles. The first kappa shape index (κ1) is 30.2. The topological polar surface area (TPSA) is 104 Å². The van der Waals surface area contributed by atoms with Crippen molar-refractivity contribution in [2.45, 2.75) is 57.2 Å². The lowest BCUT2D eigenvalue weighted by molar-refractivity contribution is -0.159. The van der Waals surface area contributed by atoms with Crippen molar-refractivity contribution in [2.75, 3.05) is 19.7 Å². The highest BCUT2D eigenvalue weighted by molar-refractivity contribution is 5.78. The number of pyridine rings is 2. The summed E-state index contributed by atoms with van der Waals surface area (Å²) in [6.45, 7) is 3.35. The van der Waals surface area contributed by atoms with E-state index in [0.717, 1.165) is 55.5 Å². The molecule has 1 atom stereocenters. The summed E-state index contributed by atoms with van der Waals surface area (Å²) in [6, 6.07) is 10.5. The Morgan fingerprint density at radius 3 is 2.52 bits per heavy atom. The number of benzene rings is 1. The van der Waals surface area contributed by atoms with Crippen molar-refractivity contribution in [3.05, 3.63) is 83.3 Å². The van der Waals surface area contributed by atoms with Gasteiger partial charge in [-0.3, -0.25) is 9.88 Å². The number of aromatic nitrogens is 6. The van der Waals surface area contributed by atoms with E-state index in [1.54, 1.807) is 18.3 Å². The van der Waals surface area contributed by atoms with Crippen molar-refractivity contribution in [2.24, 2.45) is 0 Å². The average Bonchev–Trinajstić information content (AvgIpc) is 3.64. The van der Waals surface area contributed by atoms with E-state index in [4.69, 9.17) is 14.5 Å². The van der Waals surface area contributed by atoms with Gasteiger partial charge in [0.15, 0.2) is 0 Å². The molecule has 0 amide bonds. The maximum Gasteiger partial charge on any atom is 0.471 e. The summed E-state index contributed by atoms with van der Waals surface area (Å²) >= 11 is 0. The molecule has 2 fully saturated rings. The third kappa shape index (κ3) is 6.42. The third-order valence-electron chi connectivity index (χ3n) is 8.30. The molecule has 2 saturated heterocycles. The van der Waals surface area contributed by atoms with Crippen molar-refractivity contribution >= 4 is 11.0 Å². The quantitative estimate of drug-likeness (QED) is 0.182. The molecule has 5 aromatic rings. The van der Waals surface area contributed by atoms with Crippen LogP contribution >= 0.6 is 0 Å². The van der Waals surface area contributed by atoms with Gasteiger partial charge in [-0.05, 0) is 56.6 Å². The fraction of sp³-hybridized carbons (Fsp3) is 0.387. The highest BCUT2D eigenvalue weighted by Crippen LogP contribution is 2.32. The second-order valence-electron chi connectivity index (χ2n) is 11.4. The third-order valence-corrected chi connectivity index (χ3v) is 8.30. The Balaban J connectivity index is 1.03. The first-order valence-corrected chi connectivity index (χ1v) is 14.8. The van der Waals surface area contributed by atoms with Crippen LogP contribution in [0.15, 0.2) is 53.2 Å². The van der Waals surface area contributed by atoms with Gasteiger partial charge in [0.1, 0.15) is 29.8 Å². The number of halogens is 5. The maximum atomic E-state index is 14.0. The number of imidazole rings is 1. The van der Waals surface area contributed by atoms with Gasteiger partial charge >= 0.3 is 12.1 Å². The van der Waals surface area contributed by atoms with Crippen LogP contribution in [-0.2, 0) is 30.6 Å². The Kier molecular flexibility index (Phi) is 8.11. The Bertz CT molecular complexity index is 1850. The SMILES string of the molecule is Fc1ccc(COc2cccc(C3CCN(Cc4nc5cc(-c6noc(C(F)(F)F)n6)ncc5n4C[C@@H]4CCO4)CC3)n2)c(F)c1. The number of hydrogen-bond donors (Lipinski definition) is 0. The first-order chi connectivity index (χ1) is 22.2. The molecule has 0 spiro atoms. The van der Waals surface area contributed by atoms with Crippen molar-refractivity contribution in [3.63, 3.8) is 0 Å². The van der Waals surface area contributed by atoms with Crippen LogP contribution in [0.3, 0.4) is 0 Å². The predicted molar refractivity (Wildman–Crippen MR) is 152 cm³/mol. The second kappa shape index (κ2) is 12.4. The van der Waals surface area contributed by atoms with Crippen molar-refractivity contribution in [3.8, 4) is 17.4 Å². The smallest absolute Gasteiger partial charge is 0.471 e. The molecule has 4 aromatic heterocycles. The number of fused-ring (bicyclic) bond motifs is 1. The van der Waals surface area contributed by atoms with E-state index >= 15 is 0 Å². The van der Waals surface area contributed by atoms with Crippen LogP contribution in [-0.4, -0.2) is 60.4 Å². The van der Waals surface area contributed by atoms with Gasteiger partial charge in [-0.2, -0.15) is 18.2 Å². The Morgan fingerprint density at radius 2 is 1.80 bits per heavy atom. The molecule has 0 radical (unpaired) electrons. The Hall–Kier alpha value is -4.50. The minimum atomic E-state index is -4.75. The molecule has 0 N–H and O–H groups in total. The lowest BCUT2D eigenvalue weighted by Gasteiger charge is -2.32. The molecule has 2 aliphatic heterocycles. The van der Waals surface area contributed by atoms with E-state index in [1.165, 1.54) is 12.1 Å². The lowest BCUT2D eigenvalue weighted by atomic mass is 9.93. The van der Waals surface area contributed by atoms with Crippen LogP contribution < -0.4 is 4.74 Å². The number of alkyl halides is 3. The molecule has 240 valence electrons. The van der Waals surface area contributed by atoms with E-state index in [-0.39, 0.29) is 35.7 Å². The summed E-state index contributed by atoms with van der Waals surface area (Å²) in [6.07, 6.45) is -0.513. The van der Waals surface area contributed by atoms with Crippen LogP contribution in [0.2, 0.25) is 0 Å². The van der Waals surface area contributed by atoms with Crippen molar-refractivity contribution < 1.29 is 35.9 Å². The van der Waals surface area contributed by atoms with Crippen molar-refractivity contribution in [1.29, 1.82) is 0 Å². The summed E-state index contributed by atoms with van der Waals surface area (Å²) in [5, 5.41) is 3.45. The lowest BCUT2D eigenvalue weighted by Crippen LogP contribution is -2.35. The largest absolute Gasteiger partial charge is 0.473 e. The van der Waals surface area contributed by atoms with E-state index in [1.807, 2.05) is 12.1 Å². The summed E-state index contributed by atoms with van der Waals surface area (Å²) < 4.78 is 84.0. The van der Waals surface area contributed by atoms with E-state index < -0.39 is 23.7 Å². The van der Waals surface area contributed by atoms with Crippen LogP contribution in [0, 0.1) is 11.6 Å². The van der Waals surface area contributed by atoms with E-state index in [9.17, 15) is 22.0 Å². The molecule has 7 rings (SSSR count). The van der Waals surface area contributed by atoms with Crippen LogP contribution in [0.25, 0.3) is 22.6 Å². The maximum absolute atomic E-state index is 14.0. The van der Waals surface area contributed by atoms with Crippen LogP contribution in [0.4, 0.5) is 22.0 Å². The van der Waals surface area contributed by atoms with Gasteiger partial charge in [-0.15, -0.1) is 0 Å². The van der Waals surface area contributed by atoms with E-state index in [2.05, 4.69) is 34.1 Å². The summed E-state index contributed by atoms with van der Waals surface area (Å²) in [7, 11) is 0.